The Morgan fingerprint density at radius 2 is 2.18 bits per heavy atom. The number of hydrogen-bond donors (Lipinski definition) is 2. The van der Waals surface area contributed by atoms with Crippen LogP contribution < -0.4 is 20.5 Å². The van der Waals surface area contributed by atoms with E-state index in [0.29, 0.717) is 25.5 Å². The minimum absolute atomic E-state index is 0.230. The van der Waals surface area contributed by atoms with Crippen molar-refractivity contribution in [2.24, 2.45) is 16.6 Å². The van der Waals surface area contributed by atoms with Crippen molar-refractivity contribution >= 4 is 11.9 Å². The molecule has 0 aromatic heterocycles. The third kappa shape index (κ3) is 6.62. The highest BCUT2D eigenvalue weighted by molar-refractivity contribution is 5.80. The second-order valence-corrected chi connectivity index (χ2v) is 7.13. The molecule has 7 heteroatoms. The fraction of sp³-hybridized carbons (Fsp3) is 0.619. The summed E-state index contributed by atoms with van der Waals surface area (Å²) in [5.41, 5.74) is 6.44. The number of hydrogen-bond acceptors (Lipinski definition) is 4. The lowest BCUT2D eigenvalue weighted by molar-refractivity contribution is -0.119. The molecule has 0 spiro atoms. The van der Waals surface area contributed by atoms with Crippen LogP contribution in [-0.4, -0.2) is 50.1 Å². The largest absolute Gasteiger partial charge is 0.493 e. The number of nitrogens with zero attached hydrogens (tertiary/aromatic N) is 2. The molecule has 28 heavy (non-hydrogen) atoms. The Hall–Kier alpha value is -2.44. The summed E-state index contributed by atoms with van der Waals surface area (Å²) < 4.78 is 11.2. The molecule has 3 N–H and O–H groups in total. The number of likely N-dealkylation sites (tertiary alicyclic amines) is 1. The van der Waals surface area contributed by atoms with E-state index in [9.17, 15) is 4.79 Å². The third-order valence-corrected chi connectivity index (χ3v) is 4.74. The number of benzene rings is 1. The molecule has 1 unspecified atom stereocenters. The van der Waals surface area contributed by atoms with Crippen molar-refractivity contribution in [3.63, 3.8) is 0 Å². The summed E-state index contributed by atoms with van der Waals surface area (Å²) in [6, 6.07) is 5.94. The van der Waals surface area contributed by atoms with E-state index in [1.165, 1.54) is 0 Å². The van der Waals surface area contributed by atoms with E-state index >= 15 is 0 Å². The number of guanidine groups is 1. The van der Waals surface area contributed by atoms with Gasteiger partial charge in [0.15, 0.2) is 17.5 Å². The predicted octanol–water partition coefficient (Wildman–Crippen LogP) is 2.54. The average molecular weight is 391 g/mol. The Labute approximate surface area is 168 Å². The maximum absolute atomic E-state index is 11.3. The van der Waals surface area contributed by atoms with Crippen molar-refractivity contribution in [1.82, 2.24) is 10.2 Å². The van der Waals surface area contributed by atoms with E-state index in [1.54, 1.807) is 7.11 Å². The summed E-state index contributed by atoms with van der Waals surface area (Å²) in [4.78, 5) is 18.3. The van der Waals surface area contributed by atoms with Gasteiger partial charge in [-0.25, -0.2) is 4.99 Å². The number of nitrogens with one attached hydrogen (secondary N) is 1. The lowest BCUT2D eigenvalue weighted by atomic mass is 9.95. The van der Waals surface area contributed by atoms with Gasteiger partial charge in [0.2, 0.25) is 5.91 Å². The van der Waals surface area contributed by atoms with Crippen molar-refractivity contribution in [3.05, 3.63) is 23.8 Å². The van der Waals surface area contributed by atoms with Crippen molar-refractivity contribution in [2.45, 2.75) is 46.1 Å². The number of methoxy groups -OCH3 is 1. The Bertz CT molecular complexity index is 663. The minimum atomic E-state index is -0.230. The van der Waals surface area contributed by atoms with Gasteiger partial charge >= 0.3 is 0 Å². The Kier molecular flexibility index (Phi) is 8.91. The van der Waals surface area contributed by atoms with Crippen LogP contribution in [0.1, 0.15) is 45.1 Å². The summed E-state index contributed by atoms with van der Waals surface area (Å²) in [7, 11) is 1.65. The summed E-state index contributed by atoms with van der Waals surface area (Å²) in [5, 5.41) is 3.37. The zero-order valence-electron chi connectivity index (χ0n) is 17.4. The number of nitrogens with two attached hydrogens (primary N) is 1. The van der Waals surface area contributed by atoms with E-state index in [2.05, 4.69) is 24.1 Å². The molecule has 7 nitrogen and oxygen atoms in total. The molecule has 1 aliphatic heterocycles. The molecule has 1 fully saturated rings. The summed E-state index contributed by atoms with van der Waals surface area (Å²) in [6.45, 7) is 7.89. The normalized spacial score (nSPS) is 17.3. The topological polar surface area (TPSA) is 89.2 Å². The van der Waals surface area contributed by atoms with Gasteiger partial charge < -0.3 is 25.4 Å². The first-order valence-corrected chi connectivity index (χ1v) is 10.2. The molecule has 1 atom stereocenters. The van der Waals surface area contributed by atoms with E-state index in [-0.39, 0.29) is 5.91 Å². The first kappa shape index (κ1) is 21.9. The van der Waals surface area contributed by atoms with Gasteiger partial charge in [-0.05, 0) is 49.8 Å². The second-order valence-electron chi connectivity index (χ2n) is 7.13. The second kappa shape index (κ2) is 11.4. The third-order valence-electron chi connectivity index (χ3n) is 4.74. The van der Waals surface area contributed by atoms with Crippen LogP contribution in [0.3, 0.4) is 0 Å². The van der Waals surface area contributed by atoms with Gasteiger partial charge in [0.1, 0.15) is 0 Å². The van der Waals surface area contributed by atoms with Crippen molar-refractivity contribution in [3.8, 4) is 11.5 Å². The van der Waals surface area contributed by atoms with Crippen LogP contribution in [0.2, 0.25) is 0 Å². The van der Waals surface area contributed by atoms with E-state index in [0.717, 1.165) is 61.9 Å². The first-order chi connectivity index (χ1) is 13.6. The van der Waals surface area contributed by atoms with Gasteiger partial charge in [-0.1, -0.05) is 13.0 Å². The molecule has 1 aromatic rings. The highest BCUT2D eigenvalue weighted by Gasteiger charge is 2.23. The Balaban J connectivity index is 2.08. The van der Waals surface area contributed by atoms with Gasteiger partial charge in [0, 0.05) is 26.1 Å². The monoisotopic (exact) mass is 390 g/mol. The molecule has 1 heterocycles. The van der Waals surface area contributed by atoms with Crippen LogP contribution in [0.5, 0.6) is 11.5 Å². The van der Waals surface area contributed by atoms with Gasteiger partial charge in [0.05, 0.1) is 20.3 Å². The molecule has 2 rings (SSSR count). The van der Waals surface area contributed by atoms with Gasteiger partial charge in [-0.2, -0.15) is 0 Å². The fourth-order valence-electron chi connectivity index (χ4n) is 3.44. The summed E-state index contributed by atoms with van der Waals surface area (Å²) in [5.74, 6) is 2.43. The van der Waals surface area contributed by atoms with E-state index in [4.69, 9.17) is 20.2 Å². The van der Waals surface area contributed by atoms with Crippen LogP contribution in [0.15, 0.2) is 23.2 Å². The van der Waals surface area contributed by atoms with Crippen molar-refractivity contribution in [2.75, 3.05) is 33.4 Å². The number of primary amides is 1. The molecule has 1 saturated heterocycles. The minimum Gasteiger partial charge on any atom is -0.493 e. The Morgan fingerprint density at radius 1 is 1.36 bits per heavy atom. The first-order valence-electron chi connectivity index (χ1n) is 10.2. The number of carbonyl (C=O) groups excluding carboxylic acids is 1. The lowest BCUT2D eigenvalue weighted by Crippen LogP contribution is -2.47. The standard InChI is InChI=1S/C21H34N4O3/c1-4-11-28-18-9-8-16(12-19(18)27-3)14-24-21(23-5-2)25-10-6-7-17(15-25)13-20(22)26/h8-9,12,17H,4-7,10-11,13-15H2,1-3H3,(H2,22,26)(H,23,24). The summed E-state index contributed by atoms with van der Waals surface area (Å²) in [6.07, 6.45) is 3.47. The van der Waals surface area contributed by atoms with E-state index < -0.39 is 0 Å². The van der Waals surface area contributed by atoms with Crippen molar-refractivity contribution < 1.29 is 14.3 Å². The number of rotatable bonds is 9. The number of amides is 1. The summed E-state index contributed by atoms with van der Waals surface area (Å²) >= 11 is 0. The highest BCUT2D eigenvalue weighted by Crippen LogP contribution is 2.28. The number of piperidine rings is 1. The zero-order chi connectivity index (χ0) is 20.4. The number of carbonyl (C=O) groups is 1. The Morgan fingerprint density at radius 3 is 2.86 bits per heavy atom. The fourth-order valence-corrected chi connectivity index (χ4v) is 3.44. The van der Waals surface area contributed by atoms with Gasteiger partial charge in [0.25, 0.3) is 0 Å². The molecule has 1 aliphatic rings. The number of aliphatic imine (C=N–C) groups is 1. The molecule has 1 amide bonds. The molecule has 1 aromatic carbocycles. The van der Waals surface area contributed by atoms with Gasteiger partial charge in [-0.3, -0.25) is 4.79 Å². The zero-order valence-corrected chi connectivity index (χ0v) is 17.4. The van der Waals surface area contributed by atoms with Crippen LogP contribution >= 0.6 is 0 Å². The quantitative estimate of drug-likeness (QED) is 0.500. The molecule has 0 aliphatic carbocycles. The van der Waals surface area contributed by atoms with Crippen molar-refractivity contribution in [1.29, 1.82) is 0 Å². The molecule has 0 radical (unpaired) electrons. The molecular formula is C21H34N4O3. The van der Waals surface area contributed by atoms with Gasteiger partial charge in [-0.15, -0.1) is 0 Å². The van der Waals surface area contributed by atoms with Crippen LogP contribution in [0.25, 0.3) is 0 Å². The van der Waals surface area contributed by atoms with Crippen LogP contribution in [0, 0.1) is 5.92 Å². The van der Waals surface area contributed by atoms with E-state index in [1.807, 2.05) is 18.2 Å². The molecule has 0 bridgehead atoms. The predicted molar refractivity (Wildman–Crippen MR) is 112 cm³/mol. The smallest absolute Gasteiger partial charge is 0.217 e. The SMILES string of the molecule is CCCOc1ccc(CN=C(NCC)N2CCCC(CC(N)=O)C2)cc1OC. The number of ether oxygens (including phenoxy) is 2. The maximum Gasteiger partial charge on any atom is 0.217 e. The average Bonchev–Trinajstić information content (AvgIpc) is 2.69. The molecule has 0 saturated carbocycles. The molecular weight excluding hydrogens is 356 g/mol. The molecule has 156 valence electrons. The van der Waals surface area contributed by atoms with Crippen LogP contribution in [0.4, 0.5) is 0 Å². The van der Waals surface area contributed by atoms with Crippen LogP contribution in [-0.2, 0) is 11.3 Å². The maximum atomic E-state index is 11.3. The highest BCUT2D eigenvalue weighted by atomic mass is 16.5. The lowest BCUT2D eigenvalue weighted by Gasteiger charge is -2.34.